The Morgan fingerprint density at radius 1 is 1.33 bits per heavy atom. The molecule has 0 bridgehead atoms. The number of benzene rings is 1. The molecule has 0 radical (unpaired) electrons. The molecule has 0 saturated carbocycles. The summed E-state index contributed by atoms with van der Waals surface area (Å²) in [6.07, 6.45) is 0. The third-order valence-electron chi connectivity index (χ3n) is 2.87. The zero-order valence-corrected chi connectivity index (χ0v) is 15.6. The lowest BCUT2D eigenvalue weighted by atomic mass is 10.3. The van der Waals surface area contributed by atoms with E-state index < -0.39 is 10.0 Å². The minimum Gasteiger partial charge on any atom is -0.312 e. The van der Waals surface area contributed by atoms with Crippen LogP contribution in [0.2, 0.25) is 0 Å². The second-order valence-corrected chi connectivity index (χ2v) is 8.40. The molecule has 2 rings (SSSR count). The van der Waals surface area contributed by atoms with Gasteiger partial charge in [0, 0.05) is 20.7 Å². The van der Waals surface area contributed by atoms with Crippen molar-refractivity contribution in [3.05, 3.63) is 43.7 Å². The zero-order valence-electron chi connectivity index (χ0n) is 11.8. The fourth-order valence-electron chi connectivity index (χ4n) is 1.97. The van der Waals surface area contributed by atoms with Gasteiger partial charge in [-0.2, -0.15) is 0 Å². The summed E-state index contributed by atoms with van der Waals surface area (Å²) in [5.74, 6) is 0. The molecule has 4 nitrogen and oxygen atoms in total. The van der Waals surface area contributed by atoms with Crippen LogP contribution < -0.4 is 10.0 Å². The maximum absolute atomic E-state index is 12.6. The van der Waals surface area contributed by atoms with Gasteiger partial charge in [0.05, 0.1) is 0 Å². The third kappa shape index (κ3) is 4.18. The Morgan fingerprint density at radius 3 is 2.76 bits per heavy atom. The number of thiophene rings is 1. The van der Waals surface area contributed by atoms with Gasteiger partial charge in [0.1, 0.15) is 4.90 Å². The molecule has 7 heteroatoms. The summed E-state index contributed by atoms with van der Waals surface area (Å²) in [7, 11) is -3.56. The molecule has 114 valence electrons. The molecule has 0 fully saturated rings. The van der Waals surface area contributed by atoms with Gasteiger partial charge in [-0.3, -0.25) is 4.72 Å². The average molecular weight is 436 g/mol. The van der Waals surface area contributed by atoms with E-state index in [1.54, 1.807) is 6.07 Å². The van der Waals surface area contributed by atoms with Gasteiger partial charge in [0.15, 0.2) is 0 Å². The molecule has 0 unspecified atom stereocenters. The largest absolute Gasteiger partial charge is 0.312 e. The highest BCUT2D eigenvalue weighted by Gasteiger charge is 2.22. The highest BCUT2D eigenvalue weighted by molar-refractivity contribution is 14.1. The van der Waals surface area contributed by atoms with Crippen molar-refractivity contribution in [2.75, 3.05) is 11.3 Å². The number of anilines is 1. The second kappa shape index (κ2) is 7.08. The highest BCUT2D eigenvalue weighted by atomic mass is 127. The van der Waals surface area contributed by atoms with Crippen molar-refractivity contribution >= 4 is 49.6 Å². The van der Waals surface area contributed by atoms with Crippen LogP contribution in [0.5, 0.6) is 0 Å². The monoisotopic (exact) mass is 436 g/mol. The topological polar surface area (TPSA) is 58.2 Å². The van der Waals surface area contributed by atoms with Gasteiger partial charge in [-0.25, -0.2) is 8.42 Å². The molecular formula is C14H17IN2O2S2. The summed E-state index contributed by atoms with van der Waals surface area (Å²) in [6.45, 7) is 5.20. The molecule has 21 heavy (non-hydrogen) atoms. The fourth-order valence-corrected chi connectivity index (χ4v) is 5.34. The Hall–Kier alpha value is -0.640. The molecule has 1 aromatic heterocycles. The third-order valence-corrected chi connectivity index (χ3v) is 6.39. The summed E-state index contributed by atoms with van der Waals surface area (Å²) in [5.41, 5.74) is 1.37. The molecule has 0 atom stereocenters. The van der Waals surface area contributed by atoms with Crippen molar-refractivity contribution in [1.29, 1.82) is 0 Å². The van der Waals surface area contributed by atoms with Crippen molar-refractivity contribution in [2.24, 2.45) is 0 Å². The lowest BCUT2D eigenvalue weighted by molar-refractivity contribution is 0.599. The van der Waals surface area contributed by atoms with Gasteiger partial charge in [-0.15, -0.1) is 11.3 Å². The van der Waals surface area contributed by atoms with E-state index in [0.29, 0.717) is 17.1 Å². The smallest absolute Gasteiger partial charge is 0.263 e. The Morgan fingerprint density at radius 2 is 2.10 bits per heavy atom. The van der Waals surface area contributed by atoms with Crippen LogP contribution in [0, 0.1) is 10.5 Å². The molecule has 0 spiro atoms. The van der Waals surface area contributed by atoms with Crippen molar-refractivity contribution in [1.82, 2.24) is 5.32 Å². The average Bonchev–Trinajstić information content (AvgIpc) is 2.77. The molecule has 1 heterocycles. The molecule has 0 saturated heterocycles. The van der Waals surface area contributed by atoms with E-state index in [2.05, 4.69) is 32.6 Å². The number of rotatable bonds is 6. The van der Waals surface area contributed by atoms with Gasteiger partial charge in [0.25, 0.3) is 10.0 Å². The van der Waals surface area contributed by atoms with Crippen LogP contribution in [0.1, 0.15) is 17.4 Å². The van der Waals surface area contributed by atoms with Crippen molar-refractivity contribution < 1.29 is 8.42 Å². The van der Waals surface area contributed by atoms with Crippen LogP contribution >= 0.6 is 33.9 Å². The molecule has 2 aromatic rings. The molecule has 0 aliphatic carbocycles. The summed E-state index contributed by atoms with van der Waals surface area (Å²) in [5, 5.41) is 5.07. The molecule has 0 amide bonds. The fraction of sp³-hybridized carbons (Fsp3) is 0.286. The molecular weight excluding hydrogens is 419 g/mol. The normalized spacial score (nSPS) is 11.6. The van der Waals surface area contributed by atoms with E-state index in [0.717, 1.165) is 20.6 Å². The predicted octanol–water partition coefficient (Wildman–Crippen LogP) is 3.57. The van der Waals surface area contributed by atoms with Crippen LogP contribution in [0.25, 0.3) is 0 Å². The SMILES string of the molecule is CCNCc1scc(C)c1S(=O)(=O)Nc1cccc(I)c1. The first-order valence-electron chi connectivity index (χ1n) is 6.50. The summed E-state index contributed by atoms with van der Waals surface area (Å²) >= 11 is 3.63. The number of sulfonamides is 1. The van der Waals surface area contributed by atoms with Crippen molar-refractivity contribution in [2.45, 2.75) is 25.3 Å². The van der Waals surface area contributed by atoms with Crippen LogP contribution in [-0.2, 0) is 16.6 Å². The van der Waals surface area contributed by atoms with E-state index in [9.17, 15) is 8.42 Å². The minimum absolute atomic E-state index is 0.396. The van der Waals surface area contributed by atoms with Gasteiger partial charge in [-0.1, -0.05) is 13.0 Å². The van der Waals surface area contributed by atoms with Gasteiger partial charge >= 0.3 is 0 Å². The number of hydrogen-bond acceptors (Lipinski definition) is 4. The Labute approximate surface area is 143 Å². The van der Waals surface area contributed by atoms with E-state index in [1.165, 1.54) is 11.3 Å². The first kappa shape index (κ1) is 16.7. The quantitative estimate of drug-likeness (QED) is 0.681. The summed E-state index contributed by atoms with van der Waals surface area (Å²) in [4.78, 5) is 1.24. The molecule has 2 N–H and O–H groups in total. The second-order valence-electron chi connectivity index (χ2n) is 4.57. The Kier molecular flexibility index (Phi) is 5.64. The van der Waals surface area contributed by atoms with Crippen LogP contribution in [-0.4, -0.2) is 15.0 Å². The maximum atomic E-state index is 12.6. The predicted molar refractivity (Wildman–Crippen MR) is 96.4 cm³/mol. The van der Waals surface area contributed by atoms with Crippen LogP contribution in [0.4, 0.5) is 5.69 Å². The molecule has 1 aromatic carbocycles. The first-order valence-corrected chi connectivity index (χ1v) is 9.94. The number of halogens is 1. The first-order chi connectivity index (χ1) is 9.94. The Bertz CT molecular complexity index is 726. The number of hydrogen-bond donors (Lipinski definition) is 2. The van der Waals surface area contributed by atoms with Crippen molar-refractivity contribution in [3.8, 4) is 0 Å². The lowest BCUT2D eigenvalue weighted by Crippen LogP contribution is -2.18. The van der Waals surface area contributed by atoms with Crippen molar-refractivity contribution in [3.63, 3.8) is 0 Å². The summed E-state index contributed by atoms with van der Waals surface area (Å²) < 4.78 is 28.9. The van der Waals surface area contributed by atoms with E-state index in [1.807, 2.05) is 37.4 Å². The Balaban J connectivity index is 2.33. The highest BCUT2D eigenvalue weighted by Crippen LogP contribution is 2.28. The van der Waals surface area contributed by atoms with E-state index in [-0.39, 0.29) is 0 Å². The maximum Gasteiger partial charge on any atom is 0.263 e. The van der Waals surface area contributed by atoms with Gasteiger partial charge < -0.3 is 5.32 Å². The molecule has 0 aliphatic rings. The number of nitrogens with one attached hydrogen (secondary N) is 2. The van der Waals surface area contributed by atoms with E-state index >= 15 is 0 Å². The summed E-state index contributed by atoms with van der Waals surface area (Å²) in [6, 6.07) is 7.32. The van der Waals surface area contributed by atoms with Crippen LogP contribution in [0.3, 0.4) is 0 Å². The standard InChI is InChI=1S/C14H17IN2O2S2/c1-3-16-8-13-14(10(2)9-20-13)21(18,19)17-12-6-4-5-11(15)7-12/h4-7,9,16-17H,3,8H2,1-2H3. The van der Waals surface area contributed by atoms with E-state index in [4.69, 9.17) is 0 Å². The van der Waals surface area contributed by atoms with Crippen LogP contribution in [0.15, 0.2) is 34.5 Å². The lowest BCUT2D eigenvalue weighted by Gasteiger charge is -2.11. The zero-order chi connectivity index (χ0) is 15.5. The molecule has 0 aliphatic heterocycles. The van der Waals surface area contributed by atoms with Gasteiger partial charge in [0.2, 0.25) is 0 Å². The minimum atomic E-state index is -3.56. The van der Waals surface area contributed by atoms with Gasteiger partial charge in [-0.05, 0) is 65.2 Å². The number of aryl methyl sites for hydroxylation is 1.